The fourth-order valence-corrected chi connectivity index (χ4v) is 3.56. The average molecular weight is 404 g/mol. The number of aliphatic hydroxyl groups is 1. The topological polar surface area (TPSA) is 92.9 Å². The van der Waals surface area contributed by atoms with Crippen molar-refractivity contribution in [2.45, 2.75) is 19.5 Å². The molecule has 0 bridgehead atoms. The van der Waals surface area contributed by atoms with Crippen molar-refractivity contribution in [2.24, 2.45) is 0 Å². The summed E-state index contributed by atoms with van der Waals surface area (Å²) in [5, 5.41) is 11.1. The Bertz CT molecular complexity index is 1090. The maximum atomic E-state index is 13.0. The zero-order chi connectivity index (χ0) is 21.1. The molecule has 1 amide bonds. The van der Waals surface area contributed by atoms with Crippen LogP contribution in [0, 0.1) is 0 Å². The van der Waals surface area contributed by atoms with E-state index in [1.807, 2.05) is 6.92 Å². The van der Waals surface area contributed by atoms with Gasteiger partial charge in [-0.3, -0.25) is 14.6 Å². The van der Waals surface area contributed by atoms with Crippen LogP contribution < -0.4 is 4.74 Å². The highest BCUT2D eigenvalue weighted by atomic mass is 16.5. The molecule has 0 radical (unpaired) electrons. The highest BCUT2D eigenvalue weighted by Crippen LogP contribution is 2.40. The number of ketones is 1. The van der Waals surface area contributed by atoms with E-state index < -0.39 is 17.7 Å². The third kappa shape index (κ3) is 3.57. The summed E-state index contributed by atoms with van der Waals surface area (Å²) >= 11 is 0. The number of ether oxygens (including phenoxy) is 1. The molecule has 1 saturated heterocycles. The Balaban J connectivity index is 1.84. The molecule has 1 aliphatic heterocycles. The number of likely N-dealkylation sites (tertiary alicyclic amines) is 1. The third-order valence-corrected chi connectivity index (χ3v) is 4.89. The molecule has 3 aromatic rings. The van der Waals surface area contributed by atoms with Crippen LogP contribution in [0.2, 0.25) is 0 Å². The van der Waals surface area contributed by atoms with E-state index in [1.54, 1.807) is 60.9 Å². The largest absolute Gasteiger partial charge is 0.507 e. The van der Waals surface area contributed by atoms with E-state index in [4.69, 9.17) is 9.15 Å². The minimum Gasteiger partial charge on any atom is -0.507 e. The summed E-state index contributed by atoms with van der Waals surface area (Å²) in [6, 6.07) is 12.9. The van der Waals surface area contributed by atoms with Crippen molar-refractivity contribution in [1.82, 2.24) is 9.88 Å². The van der Waals surface area contributed by atoms with Crippen molar-refractivity contribution < 1.29 is 23.8 Å². The van der Waals surface area contributed by atoms with E-state index in [1.165, 1.54) is 11.2 Å². The van der Waals surface area contributed by atoms with Crippen LogP contribution in [0.25, 0.3) is 5.76 Å². The molecule has 0 spiro atoms. The van der Waals surface area contributed by atoms with Gasteiger partial charge in [-0.05, 0) is 48.9 Å². The number of carbonyl (C=O) groups is 2. The van der Waals surface area contributed by atoms with Crippen LogP contribution in [-0.2, 0) is 16.1 Å². The number of Topliss-reactive ketones (excluding diaryl/α,β-unsaturated/α-hetero) is 1. The van der Waals surface area contributed by atoms with Crippen LogP contribution >= 0.6 is 0 Å². The quantitative estimate of drug-likeness (QED) is 0.383. The van der Waals surface area contributed by atoms with Crippen molar-refractivity contribution >= 4 is 17.4 Å². The standard InChI is InChI=1S/C23H20N2O5/c1-2-29-17-6-3-5-16(13-17)21(26)19-20(15-8-10-24-11-9-15)25(23(28)22(19)27)14-18-7-4-12-30-18/h3-13,20,26H,2,14H2,1H3/t20-/m1/s1. The van der Waals surface area contributed by atoms with Crippen LogP contribution in [0.3, 0.4) is 0 Å². The highest BCUT2D eigenvalue weighted by Gasteiger charge is 2.46. The van der Waals surface area contributed by atoms with Gasteiger partial charge in [-0.1, -0.05) is 12.1 Å². The Labute approximate surface area is 173 Å². The van der Waals surface area contributed by atoms with Crippen LogP contribution in [0.15, 0.2) is 77.2 Å². The number of furan rings is 1. The van der Waals surface area contributed by atoms with Gasteiger partial charge in [-0.15, -0.1) is 0 Å². The minimum absolute atomic E-state index is 0.0198. The summed E-state index contributed by atoms with van der Waals surface area (Å²) in [6.45, 7) is 2.42. The third-order valence-electron chi connectivity index (χ3n) is 4.89. The van der Waals surface area contributed by atoms with Crippen molar-refractivity contribution in [1.29, 1.82) is 0 Å². The van der Waals surface area contributed by atoms with E-state index in [2.05, 4.69) is 4.98 Å². The Hall–Kier alpha value is -3.87. The van der Waals surface area contributed by atoms with Crippen LogP contribution in [0.5, 0.6) is 5.75 Å². The number of amides is 1. The van der Waals surface area contributed by atoms with Crippen molar-refractivity contribution in [3.05, 3.63) is 89.6 Å². The number of rotatable bonds is 6. The van der Waals surface area contributed by atoms with Gasteiger partial charge < -0.3 is 19.2 Å². The number of benzene rings is 1. The fraction of sp³-hybridized carbons (Fsp3) is 0.174. The van der Waals surface area contributed by atoms with Gasteiger partial charge in [0.05, 0.1) is 31.0 Å². The average Bonchev–Trinajstić information content (AvgIpc) is 3.37. The van der Waals surface area contributed by atoms with Gasteiger partial charge in [-0.25, -0.2) is 0 Å². The van der Waals surface area contributed by atoms with Crippen LogP contribution in [0.4, 0.5) is 0 Å². The maximum absolute atomic E-state index is 13.0. The van der Waals surface area contributed by atoms with Gasteiger partial charge >= 0.3 is 0 Å². The number of aromatic nitrogens is 1. The molecule has 2 aromatic heterocycles. The lowest BCUT2D eigenvalue weighted by Crippen LogP contribution is -2.29. The molecule has 1 aliphatic rings. The Morgan fingerprint density at radius 1 is 1.17 bits per heavy atom. The Morgan fingerprint density at radius 2 is 1.97 bits per heavy atom. The monoisotopic (exact) mass is 404 g/mol. The van der Waals surface area contributed by atoms with E-state index >= 15 is 0 Å². The second kappa shape index (κ2) is 8.24. The lowest BCUT2D eigenvalue weighted by molar-refractivity contribution is -0.140. The first-order valence-electron chi connectivity index (χ1n) is 9.54. The Kier molecular flexibility index (Phi) is 5.34. The van der Waals surface area contributed by atoms with Crippen molar-refractivity contribution in [2.75, 3.05) is 6.61 Å². The SMILES string of the molecule is CCOc1cccc(C(O)=C2C(=O)C(=O)N(Cc3ccco3)[C@@H]2c2ccncc2)c1. The molecule has 3 heterocycles. The van der Waals surface area contributed by atoms with E-state index in [0.717, 1.165) is 0 Å². The van der Waals surface area contributed by atoms with Gasteiger partial charge in [-0.2, -0.15) is 0 Å². The molecule has 7 nitrogen and oxygen atoms in total. The highest BCUT2D eigenvalue weighted by molar-refractivity contribution is 6.46. The summed E-state index contributed by atoms with van der Waals surface area (Å²) in [4.78, 5) is 31.3. The van der Waals surface area contributed by atoms with E-state index in [0.29, 0.717) is 29.2 Å². The molecule has 0 aliphatic carbocycles. The molecule has 4 rings (SSSR count). The molecule has 1 fully saturated rings. The summed E-state index contributed by atoms with van der Waals surface area (Å²) < 4.78 is 10.9. The first-order valence-corrected chi connectivity index (χ1v) is 9.54. The molecule has 1 aromatic carbocycles. The van der Waals surface area contributed by atoms with Gasteiger partial charge in [0, 0.05) is 18.0 Å². The molecule has 0 unspecified atom stereocenters. The Morgan fingerprint density at radius 3 is 2.67 bits per heavy atom. The van der Waals surface area contributed by atoms with E-state index in [-0.39, 0.29) is 17.9 Å². The summed E-state index contributed by atoms with van der Waals surface area (Å²) in [5.41, 5.74) is 1.08. The molecule has 1 atom stereocenters. The number of pyridine rings is 1. The summed E-state index contributed by atoms with van der Waals surface area (Å²) in [6.07, 6.45) is 4.67. The molecular formula is C23H20N2O5. The molecule has 152 valence electrons. The van der Waals surface area contributed by atoms with E-state index in [9.17, 15) is 14.7 Å². The maximum Gasteiger partial charge on any atom is 0.296 e. The summed E-state index contributed by atoms with van der Waals surface area (Å²) in [7, 11) is 0. The number of aliphatic hydroxyl groups excluding tert-OH is 1. The predicted molar refractivity (Wildman–Crippen MR) is 108 cm³/mol. The molecular weight excluding hydrogens is 384 g/mol. The second-order valence-electron chi connectivity index (χ2n) is 6.75. The normalized spacial score (nSPS) is 18.0. The summed E-state index contributed by atoms with van der Waals surface area (Å²) in [5.74, 6) is -0.599. The van der Waals surface area contributed by atoms with Crippen LogP contribution in [0.1, 0.15) is 29.9 Å². The van der Waals surface area contributed by atoms with Gasteiger partial charge in [0.15, 0.2) is 0 Å². The molecule has 30 heavy (non-hydrogen) atoms. The number of nitrogens with zero attached hydrogens (tertiary/aromatic N) is 2. The fourth-order valence-electron chi connectivity index (χ4n) is 3.56. The first-order chi connectivity index (χ1) is 14.6. The number of hydrogen-bond acceptors (Lipinski definition) is 6. The molecule has 1 N–H and O–H groups in total. The van der Waals surface area contributed by atoms with Crippen LogP contribution in [-0.4, -0.2) is 33.3 Å². The second-order valence-corrected chi connectivity index (χ2v) is 6.75. The molecule has 0 saturated carbocycles. The van der Waals surface area contributed by atoms with Crippen molar-refractivity contribution in [3.63, 3.8) is 0 Å². The smallest absolute Gasteiger partial charge is 0.296 e. The predicted octanol–water partition coefficient (Wildman–Crippen LogP) is 3.70. The number of hydrogen-bond donors (Lipinski definition) is 1. The van der Waals surface area contributed by atoms with Gasteiger partial charge in [0.1, 0.15) is 17.3 Å². The lowest BCUT2D eigenvalue weighted by atomic mass is 9.96. The number of carbonyl (C=O) groups excluding carboxylic acids is 2. The molecule has 7 heteroatoms. The zero-order valence-corrected chi connectivity index (χ0v) is 16.3. The lowest BCUT2D eigenvalue weighted by Gasteiger charge is -2.24. The first kappa shape index (κ1) is 19.4. The van der Waals surface area contributed by atoms with Gasteiger partial charge in [0.25, 0.3) is 11.7 Å². The van der Waals surface area contributed by atoms with Crippen molar-refractivity contribution in [3.8, 4) is 5.75 Å². The minimum atomic E-state index is -0.770. The van der Waals surface area contributed by atoms with Gasteiger partial charge in [0.2, 0.25) is 0 Å². The zero-order valence-electron chi connectivity index (χ0n) is 16.3.